The molecule has 1 fully saturated rings. The van der Waals surface area contributed by atoms with E-state index in [0.717, 1.165) is 49.4 Å². The van der Waals surface area contributed by atoms with Crippen LogP contribution >= 0.6 is 0 Å². The Morgan fingerprint density at radius 1 is 1.45 bits per heavy atom. The quantitative estimate of drug-likeness (QED) is 0.718. The van der Waals surface area contributed by atoms with Gasteiger partial charge in [-0.15, -0.1) is 5.10 Å². The molecule has 4 rings (SSSR count). The molecule has 0 bridgehead atoms. The molecular weight excluding hydrogens is 392 g/mol. The van der Waals surface area contributed by atoms with E-state index in [2.05, 4.69) is 59.5 Å². The number of ether oxygens (including phenoxy) is 1. The highest BCUT2D eigenvalue weighted by Gasteiger charge is 2.31. The summed E-state index contributed by atoms with van der Waals surface area (Å²) >= 11 is 0. The Balaban J connectivity index is 1.63. The predicted octanol–water partition coefficient (Wildman–Crippen LogP) is 2.65. The summed E-state index contributed by atoms with van der Waals surface area (Å²) in [5.74, 6) is 1.72. The lowest BCUT2D eigenvalue weighted by Gasteiger charge is -2.35. The average molecular weight is 425 g/mol. The van der Waals surface area contributed by atoms with Crippen molar-refractivity contribution >= 4 is 5.91 Å². The number of tetrazole rings is 1. The molecular formula is C23H32N6O2. The Hall–Kier alpha value is -2.74. The van der Waals surface area contributed by atoms with Gasteiger partial charge in [0, 0.05) is 25.7 Å². The number of amides is 1. The second-order valence-electron chi connectivity index (χ2n) is 9.01. The number of rotatable bonds is 6. The van der Waals surface area contributed by atoms with Crippen molar-refractivity contribution in [3.8, 4) is 5.75 Å². The average Bonchev–Trinajstić information content (AvgIpc) is 3.25. The molecule has 0 aliphatic carbocycles. The number of carbonyl (C=O) groups excluding carboxylic acids is 1. The van der Waals surface area contributed by atoms with Crippen molar-refractivity contribution in [2.24, 2.45) is 0 Å². The molecule has 1 saturated heterocycles. The molecule has 1 N–H and O–H groups in total. The van der Waals surface area contributed by atoms with Crippen LogP contribution in [-0.2, 0) is 17.8 Å². The topological polar surface area (TPSA) is 85.2 Å². The molecule has 1 aromatic heterocycles. The Bertz CT molecular complexity index is 953. The van der Waals surface area contributed by atoms with Crippen molar-refractivity contribution < 1.29 is 9.53 Å². The standard InChI is InChI=1S/C23H32N6O2/c1-5-20(30)28-13-7-8-18(15-28)24-21(22-25-26-27-29(22)6-2)17-9-10-19-16(14-17)11-12-23(3,4)31-19/h5,9-10,14,18,21,24H,1,6-8,11-13,15H2,2-4H3. The summed E-state index contributed by atoms with van der Waals surface area (Å²) in [6.07, 6.45) is 5.30. The number of aromatic nitrogens is 4. The van der Waals surface area contributed by atoms with Crippen LogP contribution in [0, 0.1) is 0 Å². The fraction of sp³-hybridized carbons (Fsp3) is 0.565. The fourth-order valence-corrected chi connectivity index (χ4v) is 4.50. The molecule has 1 aromatic carbocycles. The molecule has 8 nitrogen and oxygen atoms in total. The molecule has 166 valence electrons. The molecule has 31 heavy (non-hydrogen) atoms. The van der Waals surface area contributed by atoms with E-state index < -0.39 is 0 Å². The highest BCUT2D eigenvalue weighted by molar-refractivity contribution is 5.87. The van der Waals surface area contributed by atoms with Gasteiger partial charge >= 0.3 is 0 Å². The Morgan fingerprint density at radius 3 is 3.06 bits per heavy atom. The number of fused-ring (bicyclic) bond motifs is 1. The number of hydrogen-bond acceptors (Lipinski definition) is 6. The minimum atomic E-state index is -0.168. The van der Waals surface area contributed by atoms with Crippen LogP contribution in [0.5, 0.6) is 5.75 Å². The number of benzene rings is 1. The number of likely N-dealkylation sites (tertiary alicyclic amines) is 1. The van der Waals surface area contributed by atoms with Gasteiger partial charge in [-0.1, -0.05) is 18.7 Å². The highest BCUT2D eigenvalue weighted by Crippen LogP contribution is 2.35. The summed E-state index contributed by atoms with van der Waals surface area (Å²) in [5, 5.41) is 16.2. The van der Waals surface area contributed by atoms with Crippen LogP contribution in [0.15, 0.2) is 30.9 Å². The van der Waals surface area contributed by atoms with E-state index in [0.29, 0.717) is 13.1 Å². The lowest BCUT2D eigenvalue weighted by atomic mass is 9.91. The van der Waals surface area contributed by atoms with E-state index in [1.165, 1.54) is 11.6 Å². The zero-order chi connectivity index (χ0) is 22.0. The monoisotopic (exact) mass is 424 g/mol. The van der Waals surface area contributed by atoms with Gasteiger partial charge in [-0.05, 0) is 80.2 Å². The summed E-state index contributed by atoms with van der Waals surface area (Å²) in [7, 11) is 0. The molecule has 1 amide bonds. The van der Waals surface area contributed by atoms with Crippen LogP contribution < -0.4 is 10.1 Å². The van der Waals surface area contributed by atoms with Crippen LogP contribution in [0.4, 0.5) is 0 Å². The third-order valence-electron chi connectivity index (χ3n) is 6.23. The zero-order valence-corrected chi connectivity index (χ0v) is 18.7. The SMILES string of the molecule is C=CC(=O)N1CCCC(NC(c2ccc3c(c2)CCC(C)(C)O3)c2nnnn2CC)C1. The van der Waals surface area contributed by atoms with Crippen LogP contribution in [0.25, 0.3) is 0 Å². The number of hydrogen-bond donors (Lipinski definition) is 1. The normalized spacial score (nSPS) is 21.1. The lowest BCUT2D eigenvalue weighted by Crippen LogP contribution is -2.49. The minimum absolute atomic E-state index is 0.0185. The molecule has 2 aliphatic rings. The van der Waals surface area contributed by atoms with Gasteiger partial charge in [-0.3, -0.25) is 10.1 Å². The number of nitrogens with zero attached hydrogens (tertiary/aromatic N) is 5. The maximum Gasteiger partial charge on any atom is 0.246 e. The Labute approximate surface area is 183 Å². The van der Waals surface area contributed by atoms with Crippen molar-refractivity contribution in [1.29, 1.82) is 0 Å². The van der Waals surface area contributed by atoms with Gasteiger partial charge in [0.2, 0.25) is 5.91 Å². The van der Waals surface area contributed by atoms with Gasteiger partial charge in [0.15, 0.2) is 5.82 Å². The van der Waals surface area contributed by atoms with Crippen molar-refractivity contribution in [3.63, 3.8) is 0 Å². The van der Waals surface area contributed by atoms with Gasteiger partial charge in [0.25, 0.3) is 0 Å². The minimum Gasteiger partial charge on any atom is -0.488 e. The highest BCUT2D eigenvalue weighted by atomic mass is 16.5. The van der Waals surface area contributed by atoms with Crippen LogP contribution in [0.2, 0.25) is 0 Å². The second kappa shape index (κ2) is 8.78. The molecule has 0 radical (unpaired) electrons. The Morgan fingerprint density at radius 2 is 2.29 bits per heavy atom. The maximum atomic E-state index is 12.1. The van der Waals surface area contributed by atoms with Crippen molar-refractivity contribution in [2.75, 3.05) is 13.1 Å². The summed E-state index contributed by atoms with van der Waals surface area (Å²) in [4.78, 5) is 14.0. The number of nitrogens with one attached hydrogen (secondary N) is 1. The second-order valence-corrected chi connectivity index (χ2v) is 9.01. The summed E-state index contributed by atoms with van der Waals surface area (Å²) in [6, 6.07) is 6.36. The van der Waals surface area contributed by atoms with Gasteiger partial charge in [0.1, 0.15) is 11.4 Å². The van der Waals surface area contributed by atoms with Gasteiger partial charge < -0.3 is 9.64 Å². The summed E-state index contributed by atoms with van der Waals surface area (Å²) < 4.78 is 8.00. The van der Waals surface area contributed by atoms with Crippen LogP contribution in [-0.4, -0.2) is 55.7 Å². The molecule has 2 unspecified atom stereocenters. The third kappa shape index (κ3) is 4.63. The van der Waals surface area contributed by atoms with Crippen molar-refractivity contribution in [1.82, 2.24) is 30.4 Å². The van der Waals surface area contributed by atoms with Gasteiger partial charge in [-0.25, -0.2) is 4.68 Å². The molecule has 3 heterocycles. The first-order valence-corrected chi connectivity index (χ1v) is 11.2. The molecule has 2 aromatic rings. The van der Waals surface area contributed by atoms with E-state index in [9.17, 15) is 4.79 Å². The van der Waals surface area contributed by atoms with E-state index in [1.807, 2.05) is 16.5 Å². The van der Waals surface area contributed by atoms with Crippen molar-refractivity contribution in [3.05, 3.63) is 47.8 Å². The smallest absolute Gasteiger partial charge is 0.246 e. The number of aryl methyl sites for hydroxylation is 2. The lowest BCUT2D eigenvalue weighted by molar-refractivity contribution is -0.127. The molecule has 0 saturated carbocycles. The zero-order valence-electron chi connectivity index (χ0n) is 18.7. The third-order valence-corrected chi connectivity index (χ3v) is 6.23. The van der Waals surface area contributed by atoms with Gasteiger partial charge in [0.05, 0.1) is 6.04 Å². The predicted molar refractivity (Wildman–Crippen MR) is 118 cm³/mol. The van der Waals surface area contributed by atoms with E-state index in [-0.39, 0.29) is 23.6 Å². The van der Waals surface area contributed by atoms with Crippen LogP contribution in [0.1, 0.15) is 63.0 Å². The number of carbonyl (C=O) groups is 1. The molecule has 2 atom stereocenters. The first-order valence-electron chi connectivity index (χ1n) is 11.2. The summed E-state index contributed by atoms with van der Waals surface area (Å²) in [5.41, 5.74) is 2.19. The molecule has 8 heteroatoms. The fourth-order valence-electron chi connectivity index (χ4n) is 4.50. The largest absolute Gasteiger partial charge is 0.488 e. The van der Waals surface area contributed by atoms with E-state index in [1.54, 1.807) is 0 Å². The molecule has 2 aliphatic heterocycles. The first kappa shape index (κ1) is 21.5. The number of piperidine rings is 1. The van der Waals surface area contributed by atoms with Crippen LogP contribution in [0.3, 0.4) is 0 Å². The Kier molecular flexibility index (Phi) is 6.09. The van der Waals surface area contributed by atoms with Gasteiger partial charge in [-0.2, -0.15) is 0 Å². The van der Waals surface area contributed by atoms with Crippen molar-refractivity contribution in [2.45, 2.75) is 70.7 Å². The molecule has 0 spiro atoms. The maximum absolute atomic E-state index is 12.1. The van der Waals surface area contributed by atoms with E-state index in [4.69, 9.17) is 4.74 Å². The first-order chi connectivity index (χ1) is 14.9. The van der Waals surface area contributed by atoms with E-state index >= 15 is 0 Å². The summed E-state index contributed by atoms with van der Waals surface area (Å²) in [6.45, 7) is 12.0.